The van der Waals surface area contributed by atoms with Gasteiger partial charge in [0.05, 0.1) is 12.0 Å². The highest BCUT2D eigenvalue weighted by Crippen LogP contribution is 2.12. The topological polar surface area (TPSA) is 60.8 Å². The van der Waals surface area contributed by atoms with E-state index in [-0.39, 0.29) is 0 Å². The second-order valence-electron chi connectivity index (χ2n) is 5.21. The van der Waals surface area contributed by atoms with Crippen LogP contribution in [0, 0.1) is 12.8 Å². The molecule has 0 bridgehead atoms. The lowest BCUT2D eigenvalue weighted by molar-refractivity contribution is -0.141. The van der Waals surface area contributed by atoms with Gasteiger partial charge >= 0.3 is 5.97 Å². The molecule has 1 aromatic rings. The maximum Gasteiger partial charge on any atom is 0.307 e. The van der Waals surface area contributed by atoms with E-state index in [9.17, 15) is 9.90 Å². The molecule has 2 unspecified atom stereocenters. The van der Waals surface area contributed by atoms with Crippen LogP contribution in [0.3, 0.4) is 0 Å². The molecule has 2 N–H and O–H groups in total. The summed E-state index contributed by atoms with van der Waals surface area (Å²) in [7, 11) is 0. The smallest absolute Gasteiger partial charge is 0.307 e. The molecule has 0 saturated heterocycles. The lowest BCUT2D eigenvalue weighted by Gasteiger charge is -2.26. The quantitative estimate of drug-likeness (QED) is 0.790. The number of aryl methyl sites for hydroxylation is 1. The molecule has 2 atom stereocenters. The van der Waals surface area contributed by atoms with Crippen LogP contribution in [0.4, 0.5) is 0 Å². The summed E-state index contributed by atoms with van der Waals surface area (Å²) in [6.45, 7) is 7.03. The molecule has 0 amide bonds. The zero-order chi connectivity index (χ0) is 14.4. The molecule has 1 aromatic carbocycles. The number of aliphatic hydroxyl groups is 1. The van der Waals surface area contributed by atoms with Gasteiger partial charge in [-0.2, -0.15) is 0 Å². The molecular formula is C15H23NO3. The van der Waals surface area contributed by atoms with Gasteiger partial charge < -0.3 is 10.2 Å². The third-order valence-electron chi connectivity index (χ3n) is 3.13. The van der Waals surface area contributed by atoms with Crippen molar-refractivity contribution in [3.05, 3.63) is 35.4 Å². The van der Waals surface area contributed by atoms with Crippen LogP contribution < -0.4 is 0 Å². The number of carboxylic acid groups (broad SMARTS) is 1. The molecule has 0 fully saturated rings. The van der Waals surface area contributed by atoms with E-state index in [0.29, 0.717) is 19.6 Å². The molecule has 0 aromatic heterocycles. The van der Waals surface area contributed by atoms with Crippen LogP contribution in [-0.2, 0) is 11.3 Å². The highest BCUT2D eigenvalue weighted by Gasteiger charge is 2.18. The summed E-state index contributed by atoms with van der Waals surface area (Å²) in [4.78, 5) is 12.9. The van der Waals surface area contributed by atoms with E-state index in [1.54, 1.807) is 13.8 Å². The Morgan fingerprint density at radius 2 is 1.89 bits per heavy atom. The number of aliphatic hydroxyl groups excluding tert-OH is 1. The van der Waals surface area contributed by atoms with E-state index >= 15 is 0 Å². The monoisotopic (exact) mass is 265 g/mol. The second-order valence-corrected chi connectivity index (χ2v) is 5.21. The molecule has 0 heterocycles. The Bertz CT molecular complexity index is 418. The van der Waals surface area contributed by atoms with Gasteiger partial charge in [0.2, 0.25) is 0 Å². The maximum absolute atomic E-state index is 11.0. The predicted molar refractivity (Wildman–Crippen MR) is 74.9 cm³/mol. The first-order chi connectivity index (χ1) is 8.90. The van der Waals surface area contributed by atoms with Crippen LogP contribution in [0.25, 0.3) is 0 Å². The Morgan fingerprint density at radius 1 is 1.26 bits per heavy atom. The lowest BCUT2D eigenvalue weighted by Crippen LogP contribution is -2.36. The number of aliphatic carboxylic acids is 1. The van der Waals surface area contributed by atoms with E-state index in [1.807, 2.05) is 36.1 Å². The van der Waals surface area contributed by atoms with E-state index in [0.717, 1.165) is 0 Å². The number of carboxylic acids is 1. The van der Waals surface area contributed by atoms with Crippen molar-refractivity contribution < 1.29 is 15.0 Å². The minimum atomic E-state index is -0.805. The third-order valence-corrected chi connectivity index (χ3v) is 3.13. The van der Waals surface area contributed by atoms with E-state index in [2.05, 4.69) is 0 Å². The summed E-state index contributed by atoms with van der Waals surface area (Å²) < 4.78 is 0. The molecule has 0 saturated carbocycles. The van der Waals surface area contributed by atoms with E-state index < -0.39 is 18.0 Å². The number of hydrogen-bond acceptors (Lipinski definition) is 3. The lowest BCUT2D eigenvalue weighted by atomic mass is 10.1. The van der Waals surface area contributed by atoms with Crippen LogP contribution in [-0.4, -0.2) is 40.3 Å². The Labute approximate surface area is 114 Å². The second kappa shape index (κ2) is 7.26. The van der Waals surface area contributed by atoms with Gasteiger partial charge in [-0.1, -0.05) is 31.2 Å². The summed E-state index contributed by atoms with van der Waals surface area (Å²) in [5, 5.41) is 18.5. The molecule has 0 aliphatic heterocycles. The highest BCUT2D eigenvalue weighted by molar-refractivity contribution is 5.69. The molecule has 0 aliphatic carbocycles. The Morgan fingerprint density at radius 3 is 2.42 bits per heavy atom. The molecular weight excluding hydrogens is 242 g/mol. The summed E-state index contributed by atoms with van der Waals surface area (Å²) >= 11 is 0. The summed E-state index contributed by atoms with van der Waals surface area (Å²) in [6.07, 6.45) is -0.468. The van der Waals surface area contributed by atoms with Gasteiger partial charge in [0.15, 0.2) is 0 Å². The van der Waals surface area contributed by atoms with Gasteiger partial charge in [-0.3, -0.25) is 9.69 Å². The van der Waals surface area contributed by atoms with Crippen LogP contribution in [0.2, 0.25) is 0 Å². The van der Waals surface area contributed by atoms with Gasteiger partial charge in [0.25, 0.3) is 0 Å². The minimum Gasteiger partial charge on any atom is -0.481 e. The van der Waals surface area contributed by atoms with Gasteiger partial charge in [0.1, 0.15) is 0 Å². The predicted octanol–water partition coefficient (Wildman–Crippen LogP) is 1.90. The van der Waals surface area contributed by atoms with E-state index in [4.69, 9.17) is 5.11 Å². The van der Waals surface area contributed by atoms with Gasteiger partial charge in [-0.05, 0) is 25.0 Å². The van der Waals surface area contributed by atoms with Crippen LogP contribution in [0.15, 0.2) is 24.3 Å². The number of hydrogen-bond donors (Lipinski definition) is 2. The Hall–Kier alpha value is -1.39. The van der Waals surface area contributed by atoms with E-state index in [1.165, 1.54) is 11.1 Å². The SMILES string of the molecule is Cc1ccccc1CN(CC(C)O)CC(C)C(=O)O. The number of benzene rings is 1. The minimum absolute atomic E-state index is 0.439. The first-order valence-corrected chi connectivity index (χ1v) is 6.58. The normalized spacial score (nSPS) is 14.4. The fraction of sp³-hybridized carbons (Fsp3) is 0.533. The van der Waals surface area contributed by atoms with Crippen molar-refractivity contribution in [2.45, 2.75) is 33.4 Å². The maximum atomic E-state index is 11.0. The van der Waals surface area contributed by atoms with Crippen molar-refractivity contribution in [2.75, 3.05) is 13.1 Å². The molecule has 0 aliphatic rings. The molecule has 0 radical (unpaired) electrons. The van der Waals surface area contributed by atoms with Crippen molar-refractivity contribution in [2.24, 2.45) is 5.92 Å². The molecule has 1 rings (SSSR count). The molecule has 4 nitrogen and oxygen atoms in total. The van der Waals surface area contributed by atoms with Gasteiger partial charge in [-0.15, -0.1) is 0 Å². The van der Waals surface area contributed by atoms with Gasteiger partial charge in [0, 0.05) is 19.6 Å². The molecule has 0 spiro atoms. The number of rotatable bonds is 7. The third kappa shape index (κ3) is 5.41. The zero-order valence-electron chi connectivity index (χ0n) is 11.8. The van der Waals surface area contributed by atoms with Crippen LogP contribution >= 0.6 is 0 Å². The first-order valence-electron chi connectivity index (χ1n) is 6.58. The number of nitrogens with zero attached hydrogens (tertiary/aromatic N) is 1. The van der Waals surface area contributed by atoms with Gasteiger partial charge in [-0.25, -0.2) is 0 Å². The summed E-state index contributed by atoms with van der Waals surface area (Å²) in [5.41, 5.74) is 2.35. The molecule has 4 heteroatoms. The highest BCUT2D eigenvalue weighted by atomic mass is 16.4. The fourth-order valence-corrected chi connectivity index (χ4v) is 2.07. The fourth-order valence-electron chi connectivity index (χ4n) is 2.07. The van der Waals surface area contributed by atoms with Crippen molar-refractivity contribution in [3.63, 3.8) is 0 Å². The Balaban J connectivity index is 2.74. The van der Waals surface area contributed by atoms with Crippen LogP contribution in [0.1, 0.15) is 25.0 Å². The largest absolute Gasteiger partial charge is 0.481 e. The Kier molecular flexibility index (Phi) is 5.99. The standard InChI is InChI=1S/C15H23NO3/c1-11-6-4-5-7-14(11)10-16(9-13(3)17)8-12(2)15(18)19/h4-7,12-13,17H,8-10H2,1-3H3,(H,18,19). The zero-order valence-corrected chi connectivity index (χ0v) is 11.8. The summed E-state index contributed by atoms with van der Waals surface area (Å²) in [6, 6.07) is 8.04. The average Bonchev–Trinajstić information content (AvgIpc) is 2.31. The molecule has 106 valence electrons. The average molecular weight is 265 g/mol. The number of carbonyl (C=O) groups is 1. The van der Waals surface area contributed by atoms with Crippen LogP contribution in [0.5, 0.6) is 0 Å². The first kappa shape index (κ1) is 15.7. The van der Waals surface area contributed by atoms with Crippen molar-refractivity contribution in [3.8, 4) is 0 Å². The van der Waals surface area contributed by atoms with Crippen molar-refractivity contribution >= 4 is 5.97 Å². The van der Waals surface area contributed by atoms with Crippen molar-refractivity contribution in [1.82, 2.24) is 4.90 Å². The molecule has 19 heavy (non-hydrogen) atoms. The summed E-state index contributed by atoms with van der Waals surface area (Å²) in [5.74, 6) is -1.25. The van der Waals surface area contributed by atoms with Crippen molar-refractivity contribution in [1.29, 1.82) is 0 Å².